The number of hydrogen-bond acceptors (Lipinski definition) is 12. The minimum absolute atomic E-state index is 0.0185. The van der Waals surface area contributed by atoms with Crippen molar-refractivity contribution in [2.45, 2.75) is 128 Å². The molecule has 1 heterocycles. The predicted octanol–water partition coefficient (Wildman–Crippen LogP) is -3.30. The molecule has 0 unspecified atom stereocenters. The number of hydrogen-bond donors (Lipinski definition) is 15. The summed E-state index contributed by atoms with van der Waals surface area (Å²) in [5.74, 6) is -9.95. The lowest BCUT2D eigenvalue weighted by Crippen LogP contribution is -2.62. The molecule has 67 heavy (non-hydrogen) atoms. The number of aromatic nitrogens is 1. The summed E-state index contributed by atoms with van der Waals surface area (Å²) in [6.45, 7) is 7.80. The molecule has 0 saturated heterocycles. The molecule has 0 aliphatic heterocycles. The molecule has 0 bridgehead atoms. The minimum Gasteiger partial charge on any atom is -0.481 e. The number of amides is 6. The number of guanidine groups is 2. The standard InChI is InChI=1S/C42H68N14O11/c1-20(2)16-30(40(66)67)54-35(61)27(12-8-14-48-41(44)45)52-37(63)29(18-31(58)59)53-38(64)32(21(3)4)55-39(65)33(22(5)57)56-36(62)28(13-9-15-49-42(46)47)51-34(60)25(43)17-23-19-50-26-11-7-6-10-24(23)26/h6-7,10-11,19-22,25,27-30,32-33,50,57H,8-9,12-18,43H2,1-5H3,(H,51,60)(H,52,63)(H,53,64)(H,54,61)(H,55,65)(H,56,62)(H,58,59)(H,66,67)(H4,44,45,48)(H4,46,47,49)/t22-,25+,27+,28+,29+,30+,32+,33+/m1/s1. The largest absolute Gasteiger partial charge is 0.481 e. The molecular weight excluding hydrogens is 877 g/mol. The highest BCUT2D eigenvalue weighted by molar-refractivity contribution is 5.98. The van der Waals surface area contributed by atoms with Crippen LogP contribution in [-0.4, -0.2) is 141 Å². The summed E-state index contributed by atoms with van der Waals surface area (Å²) in [5.41, 5.74) is 29.5. The number of aliphatic hydroxyl groups is 1. The van der Waals surface area contributed by atoms with E-state index in [0.29, 0.717) is 0 Å². The first-order valence-corrected chi connectivity index (χ1v) is 21.8. The van der Waals surface area contributed by atoms with Crippen molar-refractivity contribution in [3.05, 3.63) is 36.0 Å². The van der Waals surface area contributed by atoms with Crippen molar-refractivity contribution in [2.75, 3.05) is 13.1 Å². The second-order valence-corrected chi connectivity index (χ2v) is 16.8. The van der Waals surface area contributed by atoms with Crippen LogP contribution in [0.4, 0.5) is 0 Å². The number of carboxylic acid groups (broad SMARTS) is 2. The van der Waals surface area contributed by atoms with Crippen LogP contribution < -0.4 is 60.6 Å². The fraction of sp³-hybridized carbons (Fsp3) is 0.571. The zero-order valence-corrected chi connectivity index (χ0v) is 38.4. The number of H-pyrrole nitrogens is 1. The van der Waals surface area contributed by atoms with Crippen LogP contribution in [0.25, 0.3) is 10.9 Å². The van der Waals surface area contributed by atoms with Gasteiger partial charge in [-0.1, -0.05) is 45.9 Å². The van der Waals surface area contributed by atoms with E-state index in [1.54, 1.807) is 20.0 Å². The molecule has 1 aromatic heterocycles. The van der Waals surface area contributed by atoms with Gasteiger partial charge < -0.3 is 80.9 Å². The van der Waals surface area contributed by atoms with Gasteiger partial charge in [0.1, 0.15) is 36.3 Å². The quantitative estimate of drug-likeness (QED) is 0.0216. The summed E-state index contributed by atoms with van der Waals surface area (Å²) in [7, 11) is 0. The first-order chi connectivity index (χ1) is 31.4. The van der Waals surface area contributed by atoms with Crippen molar-refractivity contribution in [3.8, 4) is 0 Å². The maximum Gasteiger partial charge on any atom is 0.326 e. The summed E-state index contributed by atoms with van der Waals surface area (Å²) in [6, 6.07) is -2.85. The number of rotatable bonds is 29. The Hall–Kier alpha value is -7.02. The van der Waals surface area contributed by atoms with E-state index in [-0.39, 0.29) is 69.5 Å². The van der Waals surface area contributed by atoms with E-state index in [1.165, 1.54) is 20.8 Å². The molecule has 2 aromatic rings. The van der Waals surface area contributed by atoms with Crippen LogP contribution >= 0.6 is 0 Å². The lowest BCUT2D eigenvalue weighted by molar-refractivity contribution is -0.143. The van der Waals surface area contributed by atoms with E-state index < -0.39 is 108 Å². The molecule has 25 nitrogen and oxygen atoms in total. The summed E-state index contributed by atoms with van der Waals surface area (Å²) < 4.78 is 0. The van der Waals surface area contributed by atoms with Crippen molar-refractivity contribution in [1.29, 1.82) is 0 Å². The molecule has 6 amide bonds. The first-order valence-electron chi connectivity index (χ1n) is 21.8. The zero-order chi connectivity index (χ0) is 50.5. The number of aromatic amines is 1. The van der Waals surface area contributed by atoms with Gasteiger partial charge in [0.05, 0.1) is 18.6 Å². The highest BCUT2D eigenvalue weighted by atomic mass is 16.4. The van der Waals surface area contributed by atoms with Crippen molar-refractivity contribution in [1.82, 2.24) is 36.9 Å². The second-order valence-electron chi connectivity index (χ2n) is 16.8. The van der Waals surface area contributed by atoms with Crippen LogP contribution in [0, 0.1) is 11.8 Å². The summed E-state index contributed by atoms with van der Waals surface area (Å²) >= 11 is 0. The topological polar surface area (TPSA) is 440 Å². The normalized spacial score (nSPS) is 14.8. The number of aliphatic carboxylic acids is 2. The van der Waals surface area contributed by atoms with Gasteiger partial charge in [-0.2, -0.15) is 0 Å². The second kappa shape index (κ2) is 27.5. The van der Waals surface area contributed by atoms with Gasteiger partial charge in [0.15, 0.2) is 11.9 Å². The van der Waals surface area contributed by atoms with Crippen molar-refractivity contribution in [2.24, 2.45) is 50.5 Å². The van der Waals surface area contributed by atoms with Crippen molar-refractivity contribution < 1.29 is 53.7 Å². The van der Waals surface area contributed by atoms with Crippen LogP contribution in [-0.2, 0) is 44.8 Å². The third-order valence-electron chi connectivity index (χ3n) is 10.3. The molecule has 0 saturated carbocycles. The Labute approximate surface area is 387 Å². The number of benzene rings is 1. The Kier molecular flexibility index (Phi) is 23.0. The molecule has 25 heteroatoms. The summed E-state index contributed by atoms with van der Waals surface area (Å²) in [5, 5.41) is 45.5. The van der Waals surface area contributed by atoms with E-state index in [1.807, 2.05) is 24.3 Å². The van der Waals surface area contributed by atoms with Gasteiger partial charge in [-0.3, -0.25) is 43.5 Å². The SMILES string of the molecule is CC(C)C[C@H](NC(=O)[C@H](CCCN=C(N)N)NC(=O)[C@H](CC(=O)O)NC(=O)[C@@H](NC(=O)[C@@H](NC(=O)[C@H](CCCN=C(N)N)NC(=O)[C@@H](N)Cc1c[nH]c2ccccc12)[C@@H](C)O)C(C)C)C(=O)O. The lowest BCUT2D eigenvalue weighted by Gasteiger charge is -2.29. The van der Waals surface area contributed by atoms with E-state index >= 15 is 0 Å². The monoisotopic (exact) mass is 945 g/mol. The fourth-order valence-corrected chi connectivity index (χ4v) is 6.77. The van der Waals surface area contributed by atoms with Gasteiger partial charge in [0.2, 0.25) is 35.4 Å². The Morgan fingerprint density at radius 2 is 1.12 bits per heavy atom. The third-order valence-corrected chi connectivity index (χ3v) is 10.3. The van der Waals surface area contributed by atoms with Crippen molar-refractivity contribution >= 4 is 70.2 Å². The predicted molar refractivity (Wildman–Crippen MR) is 247 cm³/mol. The molecule has 8 atom stereocenters. The van der Waals surface area contributed by atoms with Crippen LogP contribution in [0.15, 0.2) is 40.4 Å². The minimum atomic E-state index is -1.83. The molecule has 0 fully saturated rings. The molecule has 0 radical (unpaired) electrons. The maximum atomic E-state index is 13.8. The van der Waals surface area contributed by atoms with Crippen LogP contribution in [0.2, 0.25) is 0 Å². The van der Waals surface area contributed by atoms with Gasteiger partial charge in [0.25, 0.3) is 0 Å². The number of fused-ring (bicyclic) bond motifs is 1. The number of nitrogens with zero attached hydrogens (tertiary/aromatic N) is 2. The van der Waals surface area contributed by atoms with E-state index in [0.717, 1.165) is 16.5 Å². The zero-order valence-electron chi connectivity index (χ0n) is 38.4. The smallest absolute Gasteiger partial charge is 0.326 e. The highest BCUT2D eigenvalue weighted by Crippen LogP contribution is 2.19. The molecule has 20 N–H and O–H groups in total. The molecule has 0 spiro atoms. The maximum absolute atomic E-state index is 13.8. The van der Waals surface area contributed by atoms with Crippen molar-refractivity contribution in [3.63, 3.8) is 0 Å². The number of carboxylic acids is 2. The van der Waals surface area contributed by atoms with Crippen LogP contribution in [0.5, 0.6) is 0 Å². The number of aliphatic hydroxyl groups excluding tert-OH is 1. The van der Waals surface area contributed by atoms with Gasteiger partial charge in [-0.05, 0) is 68.9 Å². The Morgan fingerprint density at radius 1 is 0.642 bits per heavy atom. The van der Waals surface area contributed by atoms with Gasteiger partial charge in [-0.15, -0.1) is 0 Å². The van der Waals surface area contributed by atoms with Gasteiger partial charge >= 0.3 is 11.9 Å². The fourth-order valence-electron chi connectivity index (χ4n) is 6.77. The average Bonchev–Trinajstić information content (AvgIpc) is 3.64. The first kappa shape index (κ1) is 56.1. The van der Waals surface area contributed by atoms with Gasteiger partial charge in [-0.25, -0.2) is 4.79 Å². The number of carbonyl (C=O) groups excluding carboxylic acids is 6. The average molecular weight is 945 g/mol. The lowest BCUT2D eigenvalue weighted by atomic mass is 10.0. The summed E-state index contributed by atoms with van der Waals surface area (Å²) in [4.78, 5) is 117. The molecule has 0 aliphatic carbocycles. The number of carbonyl (C=O) groups is 8. The molecule has 0 aliphatic rings. The van der Waals surface area contributed by atoms with Crippen LogP contribution in [0.1, 0.15) is 78.7 Å². The molecular formula is C42H68N14O11. The number of nitrogens with two attached hydrogens (primary N) is 5. The van der Waals surface area contributed by atoms with E-state index in [9.17, 15) is 53.7 Å². The Balaban J connectivity index is 2.30. The number of nitrogens with one attached hydrogen (secondary N) is 7. The van der Waals surface area contributed by atoms with Crippen LogP contribution in [0.3, 0.4) is 0 Å². The van der Waals surface area contributed by atoms with Gasteiger partial charge in [0, 0.05) is 30.2 Å². The van der Waals surface area contributed by atoms with E-state index in [4.69, 9.17) is 28.7 Å². The molecule has 2 rings (SSSR count). The summed E-state index contributed by atoms with van der Waals surface area (Å²) in [6.07, 6.45) is -0.565. The molecule has 1 aromatic carbocycles. The number of para-hydroxylation sites is 1. The highest BCUT2D eigenvalue weighted by Gasteiger charge is 2.36. The Bertz CT molecular complexity index is 2080. The Morgan fingerprint density at radius 3 is 1.63 bits per heavy atom. The molecule has 372 valence electrons. The third kappa shape index (κ3) is 19.5. The number of aliphatic imine (C=N–C) groups is 2. The van der Waals surface area contributed by atoms with E-state index in [2.05, 4.69) is 46.9 Å².